The summed E-state index contributed by atoms with van der Waals surface area (Å²) in [6, 6.07) is 5.12. The predicted octanol–water partition coefficient (Wildman–Crippen LogP) is 2.28. The molecule has 5 heteroatoms. The van der Waals surface area contributed by atoms with Gasteiger partial charge in [-0.15, -0.1) is 11.8 Å². The van der Waals surface area contributed by atoms with E-state index in [-0.39, 0.29) is 18.3 Å². The zero-order chi connectivity index (χ0) is 14.1. The quantitative estimate of drug-likeness (QED) is 0.540. The van der Waals surface area contributed by atoms with E-state index >= 15 is 0 Å². The van der Waals surface area contributed by atoms with Gasteiger partial charge in [-0.25, -0.2) is 4.39 Å². The zero-order valence-electron chi connectivity index (χ0n) is 11.5. The molecule has 0 fully saturated rings. The predicted molar refractivity (Wildman–Crippen MR) is 77.0 cm³/mol. The van der Waals surface area contributed by atoms with E-state index in [0.717, 1.165) is 10.6 Å². The van der Waals surface area contributed by atoms with Gasteiger partial charge >= 0.3 is 0 Å². The Morgan fingerprint density at radius 3 is 2.95 bits per heavy atom. The molecular weight excluding hydrogens is 265 g/mol. The minimum absolute atomic E-state index is 0.156. The maximum absolute atomic E-state index is 13.8. The Kier molecular flexibility index (Phi) is 8.05. The van der Waals surface area contributed by atoms with Crippen LogP contribution in [0, 0.1) is 11.7 Å². The summed E-state index contributed by atoms with van der Waals surface area (Å²) in [6.07, 6.45) is 0. The summed E-state index contributed by atoms with van der Waals surface area (Å²) in [6.45, 7) is 3.93. The zero-order valence-corrected chi connectivity index (χ0v) is 12.3. The number of hydrogen-bond acceptors (Lipinski definition) is 4. The first-order valence-corrected chi connectivity index (χ1v) is 7.38. The largest absolute Gasteiger partial charge is 0.396 e. The first-order chi connectivity index (χ1) is 9.19. The van der Waals surface area contributed by atoms with E-state index in [4.69, 9.17) is 9.84 Å². The average molecular weight is 287 g/mol. The lowest BCUT2D eigenvalue weighted by Crippen LogP contribution is -2.19. The van der Waals surface area contributed by atoms with Crippen molar-refractivity contribution in [3.63, 3.8) is 0 Å². The van der Waals surface area contributed by atoms with Crippen LogP contribution in [0.2, 0.25) is 0 Å². The maximum Gasteiger partial charge on any atom is 0.128 e. The summed E-state index contributed by atoms with van der Waals surface area (Å²) >= 11 is 1.59. The van der Waals surface area contributed by atoms with Gasteiger partial charge in [0.15, 0.2) is 0 Å². The molecule has 1 rings (SSSR count). The molecule has 0 amide bonds. The number of rotatable bonds is 9. The Bertz CT molecular complexity index is 376. The Hall–Kier alpha value is -0.620. The third kappa shape index (κ3) is 5.91. The van der Waals surface area contributed by atoms with Crippen LogP contribution in [0.4, 0.5) is 4.39 Å². The van der Waals surface area contributed by atoms with Gasteiger partial charge in [0.25, 0.3) is 0 Å². The van der Waals surface area contributed by atoms with Gasteiger partial charge in [0.2, 0.25) is 0 Å². The molecule has 0 saturated heterocycles. The van der Waals surface area contributed by atoms with Crippen molar-refractivity contribution in [1.82, 2.24) is 5.32 Å². The molecule has 1 unspecified atom stereocenters. The van der Waals surface area contributed by atoms with Gasteiger partial charge in [-0.1, -0.05) is 13.0 Å². The highest BCUT2D eigenvalue weighted by atomic mass is 32.2. The first-order valence-electron chi connectivity index (χ1n) is 6.39. The van der Waals surface area contributed by atoms with Crippen molar-refractivity contribution in [2.24, 2.45) is 5.92 Å². The second-order valence-electron chi connectivity index (χ2n) is 4.48. The lowest BCUT2D eigenvalue weighted by Gasteiger charge is -2.13. The monoisotopic (exact) mass is 287 g/mol. The molecule has 1 atom stereocenters. The van der Waals surface area contributed by atoms with Crippen molar-refractivity contribution in [1.29, 1.82) is 0 Å². The number of aliphatic hydroxyl groups is 1. The van der Waals surface area contributed by atoms with E-state index in [1.165, 1.54) is 6.07 Å². The number of methoxy groups -OCH3 is 1. The van der Waals surface area contributed by atoms with Crippen LogP contribution >= 0.6 is 11.8 Å². The minimum Gasteiger partial charge on any atom is -0.396 e. The normalized spacial score (nSPS) is 12.6. The van der Waals surface area contributed by atoms with Crippen LogP contribution in [-0.4, -0.2) is 37.7 Å². The topological polar surface area (TPSA) is 41.5 Å². The van der Waals surface area contributed by atoms with E-state index in [9.17, 15) is 4.39 Å². The van der Waals surface area contributed by atoms with Crippen molar-refractivity contribution < 1.29 is 14.2 Å². The van der Waals surface area contributed by atoms with Crippen LogP contribution in [-0.2, 0) is 11.3 Å². The van der Waals surface area contributed by atoms with Gasteiger partial charge in [-0.3, -0.25) is 0 Å². The number of nitrogens with one attached hydrogen (secondary N) is 1. The number of halogens is 1. The standard InChI is InChI=1S/C14H22FNO2S/c1-11(9-17)10-19-14-5-3-4-13(15)12(14)8-16-6-7-18-2/h3-5,11,16-17H,6-10H2,1-2H3. The van der Waals surface area contributed by atoms with Gasteiger partial charge in [0.05, 0.1) is 6.61 Å². The third-order valence-electron chi connectivity index (χ3n) is 2.70. The number of ether oxygens (including phenoxy) is 1. The second-order valence-corrected chi connectivity index (χ2v) is 5.55. The van der Waals surface area contributed by atoms with E-state index in [2.05, 4.69) is 5.32 Å². The van der Waals surface area contributed by atoms with E-state index in [0.29, 0.717) is 25.3 Å². The Morgan fingerprint density at radius 2 is 2.26 bits per heavy atom. The molecule has 3 nitrogen and oxygen atoms in total. The summed E-state index contributed by atoms with van der Waals surface area (Å²) in [7, 11) is 1.64. The molecule has 19 heavy (non-hydrogen) atoms. The third-order valence-corrected chi connectivity index (χ3v) is 4.12. The fraction of sp³-hybridized carbons (Fsp3) is 0.571. The Balaban J connectivity index is 2.61. The summed E-state index contributed by atoms with van der Waals surface area (Å²) in [5.41, 5.74) is 0.689. The molecule has 108 valence electrons. The molecule has 0 saturated carbocycles. The van der Waals surface area contributed by atoms with Crippen molar-refractivity contribution >= 4 is 11.8 Å². The number of thioether (sulfide) groups is 1. The molecule has 0 aromatic heterocycles. The second kappa shape index (κ2) is 9.31. The Morgan fingerprint density at radius 1 is 1.47 bits per heavy atom. The van der Waals surface area contributed by atoms with Crippen molar-refractivity contribution in [3.8, 4) is 0 Å². The number of aliphatic hydroxyl groups excluding tert-OH is 1. The minimum atomic E-state index is -0.188. The average Bonchev–Trinajstić information content (AvgIpc) is 2.42. The van der Waals surface area contributed by atoms with Crippen LogP contribution < -0.4 is 5.32 Å². The van der Waals surface area contributed by atoms with Gasteiger partial charge in [-0.05, 0) is 18.1 Å². The van der Waals surface area contributed by atoms with Crippen LogP contribution in [0.1, 0.15) is 12.5 Å². The van der Waals surface area contributed by atoms with Gasteiger partial charge in [0.1, 0.15) is 5.82 Å². The molecule has 2 N–H and O–H groups in total. The van der Waals surface area contributed by atoms with Gasteiger partial charge < -0.3 is 15.2 Å². The molecule has 0 aliphatic rings. The highest BCUT2D eigenvalue weighted by Crippen LogP contribution is 2.26. The molecule has 0 heterocycles. The highest BCUT2D eigenvalue weighted by Gasteiger charge is 2.10. The summed E-state index contributed by atoms with van der Waals surface area (Å²) in [5, 5.41) is 12.2. The fourth-order valence-electron chi connectivity index (χ4n) is 1.52. The molecule has 1 aromatic rings. The van der Waals surface area contributed by atoms with Crippen molar-refractivity contribution in [3.05, 3.63) is 29.6 Å². The molecule has 0 spiro atoms. The van der Waals surface area contributed by atoms with Gasteiger partial charge in [-0.2, -0.15) is 0 Å². The van der Waals surface area contributed by atoms with Gasteiger partial charge in [0, 0.05) is 43.0 Å². The van der Waals surface area contributed by atoms with Crippen LogP contribution in [0.25, 0.3) is 0 Å². The molecule has 0 aliphatic carbocycles. The van der Waals surface area contributed by atoms with E-state index in [1.54, 1.807) is 24.9 Å². The number of hydrogen-bond donors (Lipinski definition) is 2. The SMILES string of the molecule is COCCNCc1c(F)cccc1SCC(C)CO. The van der Waals surface area contributed by atoms with Crippen LogP contribution in [0.3, 0.4) is 0 Å². The van der Waals surface area contributed by atoms with E-state index in [1.807, 2.05) is 13.0 Å². The van der Waals surface area contributed by atoms with Crippen molar-refractivity contribution in [2.75, 3.05) is 32.6 Å². The number of benzene rings is 1. The van der Waals surface area contributed by atoms with Crippen LogP contribution in [0.15, 0.2) is 23.1 Å². The molecule has 0 radical (unpaired) electrons. The lowest BCUT2D eigenvalue weighted by molar-refractivity contribution is 0.199. The molecule has 1 aromatic carbocycles. The maximum atomic E-state index is 13.8. The van der Waals surface area contributed by atoms with E-state index < -0.39 is 0 Å². The summed E-state index contributed by atoms with van der Waals surface area (Å²) in [5.74, 6) is 0.805. The first kappa shape index (κ1) is 16.4. The smallest absolute Gasteiger partial charge is 0.128 e. The summed E-state index contributed by atoms with van der Waals surface area (Å²) < 4.78 is 18.8. The summed E-state index contributed by atoms with van der Waals surface area (Å²) in [4.78, 5) is 0.935. The molecular formula is C14H22FNO2S. The molecule has 0 aliphatic heterocycles. The fourth-order valence-corrected chi connectivity index (χ4v) is 2.61. The molecule has 0 bridgehead atoms. The van der Waals surface area contributed by atoms with Crippen LogP contribution in [0.5, 0.6) is 0 Å². The van der Waals surface area contributed by atoms with Crippen molar-refractivity contribution in [2.45, 2.75) is 18.4 Å². The lowest BCUT2D eigenvalue weighted by atomic mass is 10.2. The highest BCUT2D eigenvalue weighted by molar-refractivity contribution is 7.99. The Labute approximate surface area is 118 Å².